The van der Waals surface area contributed by atoms with Gasteiger partial charge in [0.15, 0.2) is 0 Å². The summed E-state index contributed by atoms with van der Waals surface area (Å²) in [4.78, 5) is 0. The van der Waals surface area contributed by atoms with E-state index in [4.69, 9.17) is 28.9 Å². The summed E-state index contributed by atoms with van der Waals surface area (Å²) in [5, 5.41) is 5.37. The number of nitrogens with two attached hydrogens (primary N) is 1. The van der Waals surface area contributed by atoms with Gasteiger partial charge < -0.3 is 5.73 Å². The molecule has 1 unspecified atom stereocenters. The summed E-state index contributed by atoms with van der Waals surface area (Å²) in [5.74, 6) is 0. The van der Waals surface area contributed by atoms with Crippen molar-refractivity contribution in [2.24, 2.45) is 12.8 Å². The first-order chi connectivity index (χ1) is 8.54. The van der Waals surface area contributed by atoms with E-state index in [2.05, 4.69) is 5.10 Å². The highest BCUT2D eigenvalue weighted by molar-refractivity contribution is 6.34. The molecular formula is C13H15Cl2N3. The Balaban J connectivity index is 2.01. The van der Waals surface area contributed by atoms with E-state index in [1.54, 1.807) is 10.7 Å². The molecule has 0 fully saturated rings. The molecule has 2 N–H and O–H groups in total. The minimum atomic E-state index is -0.0681. The second-order valence-electron chi connectivity index (χ2n) is 4.37. The second-order valence-corrected chi connectivity index (χ2v) is 5.24. The van der Waals surface area contributed by atoms with E-state index in [1.165, 1.54) is 5.56 Å². The molecule has 18 heavy (non-hydrogen) atoms. The molecule has 1 heterocycles. The molecular weight excluding hydrogens is 269 g/mol. The lowest BCUT2D eigenvalue weighted by Crippen LogP contribution is -2.11. The van der Waals surface area contributed by atoms with Gasteiger partial charge in [-0.1, -0.05) is 23.2 Å². The monoisotopic (exact) mass is 283 g/mol. The van der Waals surface area contributed by atoms with Crippen LogP contribution in [-0.2, 0) is 13.5 Å². The molecule has 0 aliphatic rings. The molecule has 1 aromatic heterocycles. The average Bonchev–Trinajstić information content (AvgIpc) is 2.70. The zero-order chi connectivity index (χ0) is 13.1. The Bertz CT molecular complexity index is 517. The summed E-state index contributed by atoms with van der Waals surface area (Å²) in [6, 6.07) is 5.37. The molecule has 2 aromatic rings. The lowest BCUT2D eigenvalue weighted by Gasteiger charge is -2.12. The maximum Gasteiger partial charge on any atom is 0.0521 e. The van der Waals surface area contributed by atoms with Gasteiger partial charge in [0, 0.05) is 29.3 Å². The molecule has 96 valence electrons. The van der Waals surface area contributed by atoms with Crippen LogP contribution in [0.5, 0.6) is 0 Å². The second kappa shape index (κ2) is 5.74. The van der Waals surface area contributed by atoms with Crippen LogP contribution in [0.15, 0.2) is 30.6 Å². The van der Waals surface area contributed by atoms with Gasteiger partial charge in [0.2, 0.25) is 0 Å². The zero-order valence-electron chi connectivity index (χ0n) is 10.1. The first-order valence-electron chi connectivity index (χ1n) is 5.73. The van der Waals surface area contributed by atoms with Gasteiger partial charge >= 0.3 is 0 Å². The number of nitrogens with zero attached hydrogens (tertiary/aromatic N) is 2. The fraction of sp³-hybridized carbons (Fsp3) is 0.308. The van der Waals surface area contributed by atoms with Crippen LogP contribution in [0.3, 0.4) is 0 Å². The van der Waals surface area contributed by atoms with Crippen LogP contribution in [0, 0.1) is 0 Å². The van der Waals surface area contributed by atoms with Gasteiger partial charge in [-0.15, -0.1) is 0 Å². The molecule has 0 radical (unpaired) electrons. The van der Waals surface area contributed by atoms with Crippen LogP contribution in [0.4, 0.5) is 0 Å². The van der Waals surface area contributed by atoms with Gasteiger partial charge in [-0.3, -0.25) is 4.68 Å². The van der Waals surface area contributed by atoms with Gasteiger partial charge in [-0.25, -0.2) is 0 Å². The van der Waals surface area contributed by atoms with Crippen molar-refractivity contribution in [1.82, 2.24) is 9.78 Å². The largest absolute Gasteiger partial charge is 0.324 e. The molecule has 0 bridgehead atoms. The third-order valence-electron chi connectivity index (χ3n) is 2.82. The number of benzene rings is 1. The van der Waals surface area contributed by atoms with Crippen molar-refractivity contribution in [3.8, 4) is 0 Å². The van der Waals surface area contributed by atoms with Crippen LogP contribution < -0.4 is 5.73 Å². The summed E-state index contributed by atoms with van der Waals surface area (Å²) < 4.78 is 1.79. The number of aromatic nitrogens is 2. The summed E-state index contributed by atoms with van der Waals surface area (Å²) in [6.45, 7) is 0. The molecule has 0 saturated carbocycles. The van der Waals surface area contributed by atoms with Gasteiger partial charge in [0.25, 0.3) is 0 Å². The predicted octanol–water partition coefficient (Wildman–Crippen LogP) is 3.36. The Morgan fingerprint density at radius 1 is 1.28 bits per heavy atom. The van der Waals surface area contributed by atoms with Crippen LogP contribution in [0.25, 0.3) is 0 Å². The van der Waals surface area contributed by atoms with Gasteiger partial charge in [0.1, 0.15) is 0 Å². The lowest BCUT2D eigenvalue weighted by molar-refractivity contribution is 0.651. The van der Waals surface area contributed by atoms with Crippen LogP contribution in [0.1, 0.15) is 23.6 Å². The number of rotatable bonds is 4. The summed E-state index contributed by atoms with van der Waals surface area (Å²) in [5.41, 5.74) is 8.29. The maximum absolute atomic E-state index is 6.14. The fourth-order valence-electron chi connectivity index (χ4n) is 1.88. The first kappa shape index (κ1) is 13.4. The standard InChI is InChI=1S/C13H15Cl2N3/c1-18-8-9(7-17-18)2-3-13(16)10-4-11(14)6-12(15)5-10/h4-8,13H,2-3,16H2,1H3. The van der Waals surface area contributed by atoms with Crippen LogP contribution >= 0.6 is 23.2 Å². The molecule has 5 heteroatoms. The summed E-state index contributed by atoms with van der Waals surface area (Å²) in [7, 11) is 1.90. The number of hydrogen-bond acceptors (Lipinski definition) is 2. The third-order valence-corrected chi connectivity index (χ3v) is 3.25. The Morgan fingerprint density at radius 2 is 1.94 bits per heavy atom. The van der Waals surface area contributed by atoms with Crippen molar-refractivity contribution < 1.29 is 0 Å². The highest BCUT2D eigenvalue weighted by Crippen LogP contribution is 2.24. The SMILES string of the molecule is Cn1cc(CCC(N)c2cc(Cl)cc(Cl)c2)cn1. The Labute approximate surface area is 117 Å². The van der Waals surface area contributed by atoms with Gasteiger partial charge in [-0.2, -0.15) is 5.10 Å². The number of aryl methyl sites for hydroxylation is 2. The predicted molar refractivity (Wildman–Crippen MR) is 74.9 cm³/mol. The third kappa shape index (κ3) is 3.48. The van der Waals surface area contributed by atoms with E-state index in [9.17, 15) is 0 Å². The maximum atomic E-state index is 6.14. The molecule has 0 saturated heterocycles. The number of hydrogen-bond donors (Lipinski definition) is 1. The molecule has 1 atom stereocenters. The smallest absolute Gasteiger partial charge is 0.0521 e. The highest BCUT2D eigenvalue weighted by Gasteiger charge is 2.09. The molecule has 1 aromatic carbocycles. The minimum absolute atomic E-state index is 0.0681. The Morgan fingerprint density at radius 3 is 2.50 bits per heavy atom. The van der Waals surface area contributed by atoms with Crippen molar-refractivity contribution in [3.63, 3.8) is 0 Å². The van der Waals surface area contributed by atoms with Crippen LogP contribution in [-0.4, -0.2) is 9.78 Å². The molecule has 0 aliphatic carbocycles. The normalized spacial score (nSPS) is 12.7. The first-order valence-corrected chi connectivity index (χ1v) is 6.49. The van der Waals surface area contributed by atoms with Crippen molar-refractivity contribution in [1.29, 1.82) is 0 Å². The quantitative estimate of drug-likeness (QED) is 0.935. The molecule has 0 aliphatic heterocycles. The lowest BCUT2D eigenvalue weighted by atomic mass is 10.0. The molecule has 3 nitrogen and oxygen atoms in total. The van der Waals surface area contributed by atoms with Crippen molar-refractivity contribution in [2.75, 3.05) is 0 Å². The van der Waals surface area contributed by atoms with E-state index in [1.807, 2.05) is 31.6 Å². The fourth-order valence-corrected chi connectivity index (χ4v) is 2.42. The highest BCUT2D eigenvalue weighted by atomic mass is 35.5. The molecule has 2 rings (SSSR count). The van der Waals surface area contributed by atoms with E-state index >= 15 is 0 Å². The summed E-state index contributed by atoms with van der Waals surface area (Å²) >= 11 is 11.9. The number of halogens is 2. The van der Waals surface area contributed by atoms with Crippen LogP contribution in [0.2, 0.25) is 10.0 Å². The molecule has 0 spiro atoms. The van der Waals surface area contributed by atoms with Gasteiger partial charge in [0.05, 0.1) is 6.20 Å². The van der Waals surface area contributed by atoms with Gasteiger partial charge in [-0.05, 0) is 42.2 Å². The van der Waals surface area contributed by atoms with Crippen molar-refractivity contribution >= 4 is 23.2 Å². The minimum Gasteiger partial charge on any atom is -0.324 e. The molecule has 0 amide bonds. The summed E-state index contributed by atoms with van der Waals surface area (Å²) in [6.07, 6.45) is 5.58. The van der Waals surface area contributed by atoms with E-state index in [0.717, 1.165) is 18.4 Å². The topological polar surface area (TPSA) is 43.8 Å². The Hall–Kier alpha value is -1.03. The van der Waals surface area contributed by atoms with E-state index in [0.29, 0.717) is 10.0 Å². The van der Waals surface area contributed by atoms with Crippen molar-refractivity contribution in [2.45, 2.75) is 18.9 Å². The zero-order valence-corrected chi connectivity index (χ0v) is 11.6. The van der Waals surface area contributed by atoms with E-state index in [-0.39, 0.29) is 6.04 Å². The average molecular weight is 284 g/mol. The van der Waals surface area contributed by atoms with E-state index < -0.39 is 0 Å². The Kier molecular flexibility index (Phi) is 4.27. The van der Waals surface area contributed by atoms with Crippen molar-refractivity contribution in [3.05, 3.63) is 51.8 Å².